The van der Waals surface area contributed by atoms with Crippen LogP contribution in [-0.4, -0.2) is 76.2 Å². The Bertz CT molecular complexity index is 1760. The number of benzene rings is 2. The number of nitrogen functional groups attached to an aromatic ring is 3. The van der Waals surface area contributed by atoms with Crippen molar-refractivity contribution in [2.24, 2.45) is 16.7 Å². The molecular formula is C31H40N14O4. The maximum absolute atomic E-state index is 12.3. The maximum Gasteiger partial charge on any atom is 0.290 e. The SMILES string of the molecule is C#CCN(Cc1cnc2nc(N)nc(N)c2n1)c1ccc(C(=O)NCCCCNC)cc1.NN/N=C(\N)c1cc(N)ccc1C=O.O=CO. The second-order valence-electron chi connectivity index (χ2n) is 9.87. The van der Waals surface area contributed by atoms with Crippen molar-refractivity contribution in [3.63, 3.8) is 0 Å². The number of anilines is 4. The van der Waals surface area contributed by atoms with E-state index in [4.69, 9.17) is 45.1 Å². The number of aldehydes is 1. The number of carbonyl (C=O) groups excluding carboxylic acids is 2. The van der Waals surface area contributed by atoms with Crippen LogP contribution in [0.1, 0.15) is 44.8 Å². The predicted molar refractivity (Wildman–Crippen MR) is 189 cm³/mol. The largest absolute Gasteiger partial charge is 0.483 e. The number of rotatable bonds is 13. The van der Waals surface area contributed by atoms with Crippen molar-refractivity contribution in [2.45, 2.75) is 19.4 Å². The number of carbonyl (C=O) groups is 3. The molecule has 2 heterocycles. The van der Waals surface area contributed by atoms with E-state index in [1.807, 2.05) is 29.6 Å². The van der Waals surface area contributed by atoms with Gasteiger partial charge in [0.25, 0.3) is 12.4 Å². The minimum absolute atomic E-state index is 0.0492. The molecule has 0 radical (unpaired) electrons. The van der Waals surface area contributed by atoms with Crippen LogP contribution in [0.4, 0.5) is 23.1 Å². The molecule has 0 atom stereocenters. The summed E-state index contributed by atoms with van der Waals surface area (Å²) in [5.41, 5.74) is 28.8. The summed E-state index contributed by atoms with van der Waals surface area (Å²) in [7, 11) is 1.91. The number of hydrazine groups is 1. The van der Waals surface area contributed by atoms with Gasteiger partial charge in [0.05, 0.1) is 25.0 Å². The molecular weight excluding hydrogens is 632 g/mol. The lowest BCUT2D eigenvalue weighted by Crippen LogP contribution is -2.26. The Morgan fingerprint density at radius 1 is 1.06 bits per heavy atom. The van der Waals surface area contributed by atoms with Crippen LogP contribution in [0, 0.1) is 12.3 Å². The molecule has 18 nitrogen and oxygen atoms in total. The van der Waals surface area contributed by atoms with E-state index in [2.05, 4.69) is 41.6 Å². The van der Waals surface area contributed by atoms with Gasteiger partial charge in [-0.1, -0.05) is 5.92 Å². The van der Waals surface area contributed by atoms with Gasteiger partial charge in [-0.3, -0.25) is 14.4 Å². The number of nitrogens with two attached hydrogens (primary N) is 5. The van der Waals surface area contributed by atoms with E-state index in [-0.39, 0.29) is 30.0 Å². The Labute approximate surface area is 282 Å². The zero-order valence-electron chi connectivity index (χ0n) is 26.8. The number of hydrazone groups is 1. The van der Waals surface area contributed by atoms with Gasteiger partial charge >= 0.3 is 0 Å². The van der Waals surface area contributed by atoms with Gasteiger partial charge in [0.1, 0.15) is 0 Å². The Kier molecular flexibility index (Phi) is 16.2. The number of nitrogens with zero attached hydrogens (tertiary/aromatic N) is 6. The molecule has 0 unspecified atom stereocenters. The first-order chi connectivity index (χ1) is 23.6. The van der Waals surface area contributed by atoms with Crippen LogP contribution in [0.25, 0.3) is 11.2 Å². The molecule has 0 aliphatic rings. The number of hydrogen-bond donors (Lipinski definition) is 9. The number of aromatic nitrogens is 4. The van der Waals surface area contributed by atoms with Crippen molar-refractivity contribution in [3.05, 3.63) is 71.0 Å². The molecule has 18 heteroatoms. The summed E-state index contributed by atoms with van der Waals surface area (Å²) in [5, 5.41) is 16.5. The standard InChI is InChI=1S/C22H27N9O.C8H11N5O.CH2O2/c1-3-12-31(14-16-13-27-20-18(28-16)19(23)29-22(24)30-20)17-8-6-15(7-9-17)21(32)26-11-5-4-10-25-2;9-6-2-1-5(4-14)7(3-6)8(10)12-13-11;2-1-3/h1,6-9,13,25H,4-5,10-12,14H2,2H3,(H,26,32)(H4,23,24,27,29,30);1-4,13H,9,11H2,(H2,10,12);1H,(H,2,3). The molecule has 1 amide bonds. The van der Waals surface area contributed by atoms with Crippen molar-refractivity contribution in [2.75, 3.05) is 48.8 Å². The van der Waals surface area contributed by atoms with Crippen LogP contribution < -0.4 is 49.8 Å². The number of carboxylic acid groups (broad SMARTS) is 1. The Hall–Kier alpha value is -6.58. The highest BCUT2D eigenvalue weighted by Crippen LogP contribution is 2.20. The van der Waals surface area contributed by atoms with Crippen molar-refractivity contribution in [3.8, 4) is 12.3 Å². The van der Waals surface area contributed by atoms with Gasteiger partial charge < -0.3 is 43.6 Å². The number of nitrogens with one attached hydrogen (secondary N) is 3. The van der Waals surface area contributed by atoms with E-state index in [1.54, 1.807) is 36.5 Å². The van der Waals surface area contributed by atoms with Crippen LogP contribution >= 0.6 is 0 Å². The molecule has 0 aliphatic carbocycles. The zero-order valence-corrected chi connectivity index (χ0v) is 26.8. The van der Waals surface area contributed by atoms with Gasteiger partial charge in [0.15, 0.2) is 29.1 Å². The summed E-state index contributed by atoms with van der Waals surface area (Å²) < 4.78 is 0. The van der Waals surface area contributed by atoms with Crippen molar-refractivity contribution in [1.82, 2.24) is 36.1 Å². The first kappa shape index (κ1) is 38.6. The van der Waals surface area contributed by atoms with Crippen LogP contribution in [-0.2, 0) is 11.3 Å². The zero-order chi connectivity index (χ0) is 36.2. The summed E-state index contributed by atoms with van der Waals surface area (Å²) in [5.74, 6) is 7.85. The fraction of sp³-hybridized carbons (Fsp3) is 0.226. The number of amides is 1. The number of unbranched alkanes of at least 4 members (excludes halogenated alkanes) is 1. The molecule has 2 aromatic carbocycles. The molecule has 49 heavy (non-hydrogen) atoms. The number of fused-ring (bicyclic) bond motifs is 1. The minimum atomic E-state index is -0.250. The highest BCUT2D eigenvalue weighted by Gasteiger charge is 2.13. The Balaban J connectivity index is 0.000000407. The summed E-state index contributed by atoms with van der Waals surface area (Å²) >= 11 is 0. The van der Waals surface area contributed by atoms with E-state index in [0.29, 0.717) is 65.2 Å². The minimum Gasteiger partial charge on any atom is -0.483 e. The second-order valence-corrected chi connectivity index (χ2v) is 9.87. The molecule has 258 valence electrons. The van der Waals surface area contributed by atoms with E-state index < -0.39 is 0 Å². The van der Waals surface area contributed by atoms with Gasteiger partial charge in [-0.05, 0) is 68.9 Å². The van der Waals surface area contributed by atoms with Gasteiger partial charge in [0.2, 0.25) is 5.95 Å². The molecule has 0 bridgehead atoms. The molecule has 4 aromatic rings. The quantitative estimate of drug-likeness (QED) is 0.0130. The third-order valence-corrected chi connectivity index (χ3v) is 6.44. The van der Waals surface area contributed by atoms with E-state index >= 15 is 0 Å². The van der Waals surface area contributed by atoms with Gasteiger partial charge in [-0.2, -0.15) is 9.97 Å². The fourth-order valence-electron chi connectivity index (χ4n) is 4.19. The Morgan fingerprint density at radius 3 is 2.39 bits per heavy atom. The predicted octanol–water partition coefficient (Wildman–Crippen LogP) is -0.181. The molecule has 0 saturated carbocycles. The molecule has 0 aliphatic heterocycles. The second kappa shape index (κ2) is 20.5. The highest BCUT2D eigenvalue weighted by molar-refractivity contribution is 6.04. The Morgan fingerprint density at radius 2 is 1.76 bits per heavy atom. The average molecular weight is 673 g/mol. The average Bonchev–Trinajstić information content (AvgIpc) is 3.09. The van der Waals surface area contributed by atoms with E-state index in [1.165, 1.54) is 0 Å². The van der Waals surface area contributed by atoms with E-state index in [9.17, 15) is 9.59 Å². The smallest absolute Gasteiger partial charge is 0.290 e. The third kappa shape index (κ3) is 12.3. The molecule has 4 rings (SSSR count). The van der Waals surface area contributed by atoms with Crippen molar-refractivity contribution < 1.29 is 19.5 Å². The lowest BCUT2D eigenvalue weighted by atomic mass is 10.1. The lowest BCUT2D eigenvalue weighted by Gasteiger charge is -2.22. The van der Waals surface area contributed by atoms with Crippen LogP contribution in [0.3, 0.4) is 0 Å². The first-order valence-electron chi connectivity index (χ1n) is 14.6. The molecule has 0 saturated heterocycles. The molecule has 2 aromatic heterocycles. The van der Waals surface area contributed by atoms with Crippen LogP contribution in [0.5, 0.6) is 0 Å². The highest BCUT2D eigenvalue weighted by atomic mass is 16.3. The van der Waals surface area contributed by atoms with Gasteiger partial charge in [0, 0.05) is 34.6 Å². The number of amidine groups is 1. The topological polar surface area (TPSA) is 305 Å². The van der Waals surface area contributed by atoms with Crippen LogP contribution in [0.15, 0.2) is 53.8 Å². The molecule has 0 fully saturated rings. The summed E-state index contributed by atoms with van der Waals surface area (Å²) in [6.07, 6.45) is 9.79. The first-order valence-corrected chi connectivity index (χ1v) is 14.6. The fourth-order valence-corrected chi connectivity index (χ4v) is 4.19. The van der Waals surface area contributed by atoms with Crippen LogP contribution in [0.2, 0.25) is 0 Å². The monoisotopic (exact) mass is 672 g/mol. The number of hydrogen-bond acceptors (Lipinski definition) is 15. The summed E-state index contributed by atoms with van der Waals surface area (Å²) in [6, 6.07) is 12.0. The van der Waals surface area contributed by atoms with Crippen molar-refractivity contribution in [1.29, 1.82) is 0 Å². The summed E-state index contributed by atoms with van der Waals surface area (Å²) in [4.78, 5) is 50.1. The van der Waals surface area contributed by atoms with Gasteiger partial charge in [-0.25, -0.2) is 21.3 Å². The summed E-state index contributed by atoms with van der Waals surface area (Å²) in [6.45, 7) is 2.08. The van der Waals surface area contributed by atoms with E-state index in [0.717, 1.165) is 25.1 Å². The number of terminal acetylenes is 1. The van der Waals surface area contributed by atoms with Crippen molar-refractivity contribution >= 4 is 58.8 Å². The maximum atomic E-state index is 12.3. The molecule has 14 N–H and O–H groups in total. The molecule has 0 spiro atoms. The third-order valence-electron chi connectivity index (χ3n) is 6.44. The lowest BCUT2D eigenvalue weighted by molar-refractivity contribution is -0.122. The van der Waals surface area contributed by atoms with Gasteiger partial charge in [-0.15, -0.1) is 11.5 Å². The normalized spacial score (nSPS) is 10.3.